The standard InChI is InChI=1S/C26H28B3F2N3O5/c1-24(2)25(3,4)39-29(38-24)15-9-10-16-17(11-15)34-18(12-19(22(34)32-16)33(5)26(27,28)36)21-14(13-35)7-6-8-20(21)37-23(30)31/h6-11,13,18-19,23,36H,12H2,1-5H3. The molecule has 3 aromatic rings. The molecule has 200 valence electrons. The first-order valence-corrected chi connectivity index (χ1v) is 12.6. The molecule has 2 atom stereocenters. The molecule has 2 unspecified atom stereocenters. The summed E-state index contributed by atoms with van der Waals surface area (Å²) in [5, 5.41) is 10.4. The Balaban J connectivity index is 1.70. The Kier molecular flexibility index (Phi) is 6.73. The SMILES string of the molecule is [B]C([B])(O)N(C)C1CC(c2c(C=O)cccc2OC(F)F)n2c1nc1ccc(B3OC(C)(C)C(C)(C)O3)cc12. The number of carbonyl (C=O) groups is 1. The number of rotatable bonds is 7. The minimum atomic E-state index is -3.10. The molecule has 5 rings (SSSR count). The van der Waals surface area contributed by atoms with Crippen molar-refractivity contribution in [2.24, 2.45) is 0 Å². The Bertz CT molecular complexity index is 1410. The average Bonchev–Trinajstić information content (AvgIpc) is 3.45. The summed E-state index contributed by atoms with van der Waals surface area (Å²) in [5.74, 6) is 0.357. The van der Waals surface area contributed by atoms with E-state index in [1.54, 1.807) is 0 Å². The number of benzene rings is 2. The van der Waals surface area contributed by atoms with Crippen LogP contribution in [-0.2, 0) is 9.31 Å². The van der Waals surface area contributed by atoms with E-state index in [9.17, 15) is 18.7 Å². The van der Waals surface area contributed by atoms with Crippen molar-refractivity contribution in [3.63, 3.8) is 0 Å². The van der Waals surface area contributed by atoms with E-state index in [4.69, 9.17) is 34.7 Å². The van der Waals surface area contributed by atoms with Crippen molar-refractivity contribution in [1.29, 1.82) is 0 Å². The molecular formula is C26H28B3F2N3O5. The largest absolute Gasteiger partial charge is 0.494 e. The molecule has 0 amide bonds. The zero-order valence-corrected chi connectivity index (χ0v) is 22.4. The number of ether oxygens (including phenoxy) is 1. The van der Waals surface area contributed by atoms with Gasteiger partial charge in [0.1, 0.15) is 27.3 Å². The van der Waals surface area contributed by atoms with Gasteiger partial charge in [-0.15, -0.1) is 0 Å². The lowest BCUT2D eigenvalue weighted by atomic mass is 9.71. The lowest BCUT2D eigenvalue weighted by Crippen LogP contribution is -2.49. The van der Waals surface area contributed by atoms with Gasteiger partial charge < -0.3 is 23.7 Å². The average molecular weight is 533 g/mol. The molecule has 1 fully saturated rings. The Hall–Kier alpha value is -2.73. The van der Waals surface area contributed by atoms with Gasteiger partial charge in [-0.05, 0) is 64.8 Å². The first-order valence-electron chi connectivity index (χ1n) is 12.6. The van der Waals surface area contributed by atoms with Crippen molar-refractivity contribution in [3.05, 3.63) is 53.3 Å². The fourth-order valence-corrected chi connectivity index (χ4v) is 5.29. The summed E-state index contributed by atoms with van der Waals surface area (Å²) >= 11 is 0. The zero-order valence-electron chi connectivity index (χ0n) is 22.4. The van der Waals surface area contributed by atoms with Gasteiger partial charge in [-0.25, -0.2) is 4.98 Å². The molecule has 2 aliphatic rings. The normalized spacial score (nSPS) is 22.2. The minimum Gasteiger partial charge on any atom is -0.434 e. The molecule has 8 nitrogen and oxygen atoms in total. The molecule has 13 heteroatoms. The van der Waals surface area contributed by atoms with Crippen molar-refractivity contribution < 1.29 is 32.7 Å². The van der Waals surface area contributed by atoms with Crippen molar-refractivity contribution >= 4 is 45.6 Å². The highest BCUT2D eigenvalue weighted by atomic mass is 19.3. The van der Waals surface area contributed by atoms with Gasteiger partial charge in [-0.1, -0.05) is 18.2 Å². The topological polar surface area (TPSA) is 86.1 Å². The van der Waals surface area contributed by atoms with Gasteiger partial charge in [0.15, 0.2) is 6.29 Å². The molecule has 1 N–H and O–H groups in total. The third-order valence-corrected chi connectivity index (χ3v) is 8.13. The summed E-state index contributed by atoms with van der Waals surface area (Å²) in [6.45, 7) is 4.73. The Labute approximate surface area is 228 Å². The number of aldehydes is 1. The van der Waals surface area contributed by atoms with E-state index >= 15 is 0 Å². The molecule has 1 aromatic heterocycles. The van der Waals surface area contributed by atoms with E-state index in [1.165, 1.54) is 30.1 Å². The van der Waals surface area contributed by atoms with E-state index in [1.807, 2.05) is 50.5 Å². The molecule has 39 heavy (non-hydrogen) atoms. The van der Waals surface area contributed by atoms with E-state index in [-0.39, 0.29) is 23.3 Å². The highest BCUT2D eigenvalue weighted by molar-refractivity contribution is 6.62. The molecule has 3 heterocycles. The first-order chi connectivity index (χ1) is 18.1. The number of carbonyl (C=O) groups excluding carboxylic acids is 1. The summed E-state index contributed by atoms with van der Waals surface area (Å²) in [4.78, 5) is 18.2. The Morgan fingerprint density at radius 1 is 1.23 bits per heavy atom. The van der Waals surface area contributed by atoms with E-state index < -0.39 is 42.5 Å². The molecule has 0 saturated carbocycles. The van der Waals surface area contributed by atoms with Gasteiger partial charge in [0, 0.05) is 16.7 Å². The van der Waals surface area contributed by atoms with Crippen LogP contribution in [0.2, 0.25) is 0 Å². The van der Waals surface area contributed by atoms with Crippen molar-refractivity contribution in [2.45, 2.75) is 69.5 Å². The predicted molar refractivity (Wildman–Crippen MR) is 144 cm³/mol. The quantitative estimate of drug-likeness (QED) is 0.284. The number of aromatic nitrogens is 2. The van der Waals surface area contributed by atoms with Crippen molar-refractivity contribution in [3.8, 4) is 5.75 Å². The van der Waals surface area contributed by atoms with Crippen LogP contribution in [0.1, 0.15) is 67.9 Å². The molecule has 0 aliphatic carbocycles. The number of alkyl halides is 2. The number of halogens is 2. The van der Waals surface area contributed by atoms with E-state index in [0.717, 1.165) is 5.46 Å². The van der Waals surface area contributed by atoms with Crippen LogP contribution in [0.5, 0.6) is 5.75 Å². The maximum Gasteiger partial charge on any atom is 0.494 e. The van der Waals surface area contributed by atoms with Crippen LogP contribution in [0, 0.1) is 0 Å². The second-order valence-electron chi connectivity index (χ2n) is 11.1. The van der Waals surface area contributed by atoms with Crippen LogP contribution in [0.25, 0.3) is 11.0 Å². The van der Waals surface area contributed by atoms with Crippen LogP contribution in [0.3, 0.4) is 0 Å². The van der Waals surface area contributed by atoms with E-state index in [2.05, 4.69) is 0 Å². The van der Waals surface area contributed by atoms with E-state index in [0.29, 0.717) is 23.1 Å². The van der Waals surface area contributed by atoms with Gasteiger partial charge in [0.25, 0.3) is 0 Å². The third kappa shape index (κ3) is 4.69. The second-order valence-corrected chi connectivity index (χ2v) is 11.1. The first kappa shape index (κ1) is 27.8. The fourth-order valence-electron chi connectivity index (χ4n) is 5.29. The lowest BCUT2D eigenvalue weighted by Gasteiger charge is -2.36. The van der Waals surface area contributed by atoms with Crippen LogP contribution in [-0.4, -0.2) is 79.0 Å². The molecule has 2 aromatic carbocycles. The summed E-state index contributed by atoms with van der Waals surface area (Å²) < 4.78 is 45.9. The third-order valence-electron chi connectivity index (χ3n) is 8.13. The van der Waals surface area contributed by atoms with Crippen LogP contribution >= 0.6 is 0 Å². The van der Waals surface area contributed by atoms with Crippen molar-refractivity contribution in [1.82, 2.24) is 14.5 Å². The highest BCUT2D eigenvalue weighted by Crippen LogP contribution is 2.47. The summed E-state index contributed by atoms with van der Waals surface area (Å²) in [7, 11) is 12.5. The van der Waals surface area contributed by atoms with Crippen molar-refractivity contribution in [2.75, 3.05) is 7.05 Å². The molecule has 2 aliphatic heterocycles. The second kappa shape index (κ2) is 9.43. The zero-order chi connectivity index (χ0) is 28.5. The van der Waals surface area contributed by atoms with Gasteiger partial charge in [0.2, 0.25) is 0 Å². The number of nitrogens with zero attached hydrogens (tertiary/aromatic N) is 3. The highest BCUT2D eigenvalue weighted by Gasteiger charge is 2.52. The maximum atomic E-state index is 13.4. The molecular weight excluding hydrogens is 505 g/mol. The van der Waals surface area contributed by atoms with Crippen LogP contribution < -0.4 is 10.2 Å². The van der Waals surface area contributed by atoms with Gasteiger partial charge in [-0.2, -0.15) is 8.78 Å². The Morgan fingerprint density at radius 3 is 2.49 bits per heavy atom. The number of imidazole rings is 1. The molecule has 4 radical (unpaired) electrons. The predicted octanol–water partition coefficient (Wildman–Crippen LogP) is 2.66. The smallest absolute Gasteiger partial charge is 0.434 e. The number of fused-ring (bicyclic) bond motifs is 3. The summed E-state index contributed by atoms with van der Waals surface area (Å²) in [5.41, 5.74) is -0.858. The molecule has 0 spiro atoms. The number of aliphatic hydroxyl groups is 1. The number of hydrogen-bond donors (Lipinski definition) is 1. The van der Waals surface area contributed by atoms with Gasteiger partial charge >= 0.3 is 13.7 Å². The monoisotopic (exact) mass is 533 g/mol. The molecule has 1 saturated heterocycles. The Morgan fingerprint density at radius 2 is 1.90 bits per heavy atom. The van der Waals surface area contributed by atoms with Gasteiger partial charge in [-0.3, -0.25) is 9.69 Å². The van der Waals surface area contributed by atoms with Crippen LogP contribution in [0.4, 0.5) is 8.78 Å². The fraction of sp³-hybridized carbons (Fsp3) is 0.462. The number of hydrogen-bond acceptors (Lipinski definition) is 7. The maximum absolute atomic E-state index is 13.4. The van der Waals surface area contributed by atoms with Gasteiger partial charge in [0.05, 0.1) is 34.3 Å². The summed E-state index contributed by atoms with van der Waals surface area (Å²) in [6, 6.07) is 8.65. The molecule has 0 bridgehead atoms. The summed E-state index contributed by atoms with van der Waals surface area (Å²) in [6.07, 6.45) is 0.818. The van der Waals surface area contributed by atoms with Crippen LogP contribution in [0.15, 0.2) is 36.4 Å². The minimum absolute atomic E-state index is 0.131. The lowest BCUT2D eigenvalue weighted by molar-refractivity contribution is -0.0507.